The summed E-state index contributed by atoms with van der Waals surface area (Å²) < 4.78 is 0. The highest BCUT2D eigenvalue weighted by atomic mass is 16.2. The molecule has 0 bridgehead atoms. The lowest BCUT2D eigenvalue weighted by atomic mass is 10.0. The van der Waals surface area contributed by atoms with Gasteiger partial charge in [-0.15, -0.1) is 0 Å². The van der Waals surface area contributed by atoms with E-state index in [1.165, 1.54) is 6.92 Å². The van der Waals surface area contributed by atoms with E-state index in [-0.39, 0.29) is 36.1 Å². The van der Waals surface area contributed by atoms with Crippen LogP contribution in [0.5, 0.6) is 0 Å². The van der Waals surface area contributed by atoms with Gasteiger partial charge in [0.05, 0.1) is 12.5 Å². The lowest BCUT2D eigenvalue weighted by Gasteiger charge is -2.36. The van der Waals surface area contributed by atoms with Crippen molar-refractivity contribution in [1.82, 2.24) is 15.1 Å². The van der Waals surface area contributed by atoms with Gasteiger partial charge >= 0.3 is 0 Å². The Morgan fingerprint density at radius 2 is 1.56 bits per heavy atom. The smallest absolute Gasteiger partial charge is 0.225 e. The number of carbonyl (C=O) groups is 3. The molecule has 1 unspecified atom stereocenters. The quantitative estimate of drug-likeness (QED) is 0.881. The highest BCUT2D eigenvalue weighted by Crippen LogP contribution is 2.19. The third-order valence-electron chi connectivity index (χ3n) is 4.40. The number of hydrogen-bond donors (Lipinski definition) is 1. The van der Waals surface area contributed by atoms with Gasteiger partial charge in [0.25, 0.3) is 0 Å². The van der Waals surface area contributed by atoms with E-state index < -0.39 is 0 Å². The predicted molar refractivity (Wildman–Crippen MR) is 95.6 cm³/mol. The molecule has 1 aromatic carbocycles. The van der Waals surface area contributed by atoms with Crippen molar-refractivity contribution in [2.45, 2.75) is 33.2 Å². The molecule has 25 heavy (non-hydrogen) atoms. The lowest BCUT2D eigenvalue weighted by molar-refractivity contribution is -0.141. The largest absolute Gasteiger partial charge is 0.349 e. The van der Waals surface area contributed by atoms with Crippen molar-refractivity contribution < 1.29 is 14.4 Å². The van der Waals surface area contributed by atoms with Crippen molar-refractivity contribution in [2.75, 3.05) is 26.2 Å². The summed E-state index contributed by atoms with van der Waals surface area (Å²) in [4.78, 5) is 39.8. The van der Waals surface area contributed by atoms with Gasteiger partial charge in [-0.25, -0.2) is 0 Å². The molecule has 2 rings (SSSR count). The second-order valence-electron chi connectivity index (χ2n) is 6.73. The van der Waals surface area contributed by atoms with E-state index >= 15 is 0 Å². The second kappa shape index (κ2) is 8.65. The third-order valence-corrected chi connectivity index (χ3v) is 4.40. The van der Waals surface area contributed by atoms with Crippen molar-refractivity contribution >= 4 is 17.7 Å². The van der Waals surface area contributed by atoms with Crippen molar-refractivity contribution in [1.29, 1.82) is 0 Å². The summed E-state index contributed by atoms with van der Waals surface area (Å²) in [6.07, 6.45) is 0.224. The Labute approximate surface area is 149 Å². The van der Waals surface area contributed by atoms with Crippen molar-refractivity contribution in [3.05, 3.63) is 35.9 Å². The van der Waals surface area contributed by atoms with Crippen LogP contribution >= 0.6 is 0 Å². The maximum absolute atomic E-state index is 12.6. The fourth-order valence-corrected chi connectivity index (χ4v) is 3.03. The molecule has 136 valence electrons. The zero-order chi connectivity index (χ0) is 18.4. The Bertz CT molecular complexity index is 608. The molecule has 0 spiro atoms. The summed E-state index contributed by atoms with van der Waals surface area (Å²) in [5, 5.41) is 2.86. The average molecular weight is 345 g/mol. The summed E-state index contributed by atoms with van der Waals surface area (Å²) in [5.74, 6) is -0.0507. The van der Waals surface area contributed by atoms with Gasteiger partial charge in [0.15, 0.2) is 0 Å². The van der Waals surface area contributed by atoms with Crippen LogP contribution in [-0.2, 0) is 14.4 Å². The van der Waals surface area contributed by atoms with Crippen LogP contribution in [0.15, 0.2) is 30.3 Å². The first-order chi connectivity index (χ1) is 11.9. The zero-order valence-corrected chi connectivity index (χ0v) is 15.2. The monoisotopic (exact) mass is 345 g/mol. The molecule has 0 aromatic heterocycles. The Morgan fingerprint density at radius 1 is 1.00 bits per heavy atom. The molecule has 1 atom stereocenters. The van der Waals surface area contributed by atoms with Crippen LogP contribution in [0.25, 0.3) is 0 Å². The van der Waals surface area contributed by atoms with Crippen LogP contribution in [0.2, 0.25) is 0 Å². The Morgan fingerprint density at radius 3 is 2.08 bits per heavy atom. The third kappa shape index (κ3) is 5.31. The number of rotatable bonds is 5. The molecule has 1 aromatic rings. The van der Waals surface area contributed by atoms with E-state index in [1.54, 1.807) is 4.90 Å². The fourth-order valence-electron chi connectivity index (χ4n) is 3.03. The highest BCUT2D eigenvalue weighted by molar-refractivity contribution is 5.80. The first-order valence-corrected chi connectivity index (χ1v) is 8.77. The average Bonchev–Trinajstić information content (AvgIpc) is 2.61. The number of piperazine rings is 1. The van der Waals surface area contributed by atoms with Crippen LogP contribution in [0, 0.1) is 5.92 Å². The number of carbonyl (C=O) groups excluding carboxylic acids is 3. The first kappa shape index (κ1) is 19.0. The molecule has 3 amide bonds. The van der Waals surface area contributed by atoms with Crippen LogP contribution < -0.4 is 5.32 Å². The van der Waals surface area contributed by atoms with Gasteiger partial charge in [-0.3, -0.25) is 14.4 Å². The van der Waals surface area contributed by atoms with Crippen LogP contribution in [0.3, 0.4) is 0 Å². The van der Waals surface area contributed by atoms with Gasteiger partial charge in [0, 0.05) is 39.0 Å². The van der Waals surface area contributed by atoms with E-state index in [4.69, 9.17) is 0 Å². The molecule has 1 aliphatic heterocycles. The molecule has 1 saturated heterocycles. The molecule has 1 heterocycles. The van der Waals surface area contributed by atoms with E-state index in [2.05, 4.69) is 5.32 Å². The van der Waals surface area contributed by atoms with E-state index in [9.17, 15) is 14.4 Å². The van der Waals surface area contributed by atoms with Crippen molar-refractivity contribution in [3.8, 4) is 0 Å². The molecule has 0 saturated carbocycles. The molecule has 1 N–H and O–H groups in total. The fraction of sp³-hybridized carbons (Fsp3) is 0.526. The van der Waals surface area contributed by atoms with Crippen LogP contribution in [0.4, 0.5) is 0 Å². The molecular weight excluding hydrogens is 318 g/mol. The van der Waals surface area contributed by atoms with Gasteiger partial charge in [0.2, 0.25) is 17.7 Å². The van der Waals surface area contributed by atoms with E-state index in [1.807, 2.05) is 49.1 Å². The number of benzene rings is 1. The SMILES string of the molecule is CC(=O)NC(CC(=O)N1CCN(C(=O)C(C)C)CC1)c1ccccc1. The summed E-state index contributed by atoms with van der Waals surface area (Å²) in [5.41, 5.74) is 0.916. The normalized spacial score (nSPS) is 15.8. The highest BCUT2D eigenvalue weighted by Gasteiger charge is 2.27. The van der Waals surface area contributed by atoms with Gasteiger partial charge in [-0.2, -0.15) is 0 Å². The summed E-state index contributed by atoms with van der Waals surface area (Å²) in [6.45, 7) is 7.45. The van der Waals surface area contributed by atoms with Gasteiger partial charge in [-0.1, -0.05) is 44.2 Å². The van der Waals surface area contributed by atoms with Crippen molar-refractivity contribution in [2.24, 2.45) is 5.92 Å². The summed E-state index contributed by atoms with van der Waals surface area (Å²) in [6, 6.07) is 9.18. The molecular formula is C19H27N3O3. The topological polar surface area (TPSA) is 69.7 Å². The molecule has 0 radical (unpaired) electrons. The standard InChI is InChI=1S/C19H27N3O3/c1-14(2)19(25)22-11-9-21(10-12-22)18(24)13-17(20-15(3)23)16-7-5-4-6-8-16/h4-8,14,17H,9-13H2,1-3H3,(H,20,23). The molecule has 6 heteroatoms. The maximum Gasteiger partial charge on any atom is 0.225 e. The number of hydrogen-bond acceptors (Lipinski definition) is 3. The minimum atomic E-state index is -0.332. The Kier molecular flexibility index (Phi) is 6.56. The second-order valence-corrected chi connectivity index (χ2v) is 6.73. The first-order valence-electron chi connectivity index (χ1n) is 8.77. The maximum atomic E-state index is 12.6. The Balaban J connectivity index is 1.95. The van der Waals surface area contributed by atoms with Crippen LogP contribution in [-0.4, -0.2) is 53.7 Å². The molecule has 6 nitrogen and oxygen atoms in total. The van der Waals surface area contributed by atoms with Gasteiger partial charge in [-0.05, 0) is 5.56 Å². The van der Waals surface area contributed by atoms with Gasteiger partial charge in [0.1, 0.15) is 0 Å². The minimum Gasteiger partial charge on any atom is -0.349 e. The number of amides is 3. The summed E-state index contributed by atoms with van der Waals surface area (Å²) in [7, 11) is 0. The lowest BCUT2D eigenvalue weighted by Crippen LogP contribution is -2.52. The van der Waals surface area contributed by atoms with Crippen molar-refractivity contribution in [3.63, 3.8) is 0 Å². The molecule has 1 aliphatic rings. The Hall–Kier alpha value is -2.37. The predicted octanol–water partition coefficient (Wildman–Crippen LogP) is 1.58. The zero-order valence-electron chi connectivity index (χ0n) is 15.2. The van der Waals surface area contributed by atoms with E-state index in [0.717, 1.165) is 5.56 Å². The number of nitrogens with one attached hydrogen (secondary N) is 1. The minimum absolute atomic E-state index is 0.000695. The van der Waals surface area contributed by atoms with Gasteiger partial charge < -0.3 is 15.1 Å². The van der Waals surface area contributed by atoms with Crippen LogP contribution in [0.1, 0.15) is 38.8 Å². The molecule has 1 fully saturated rings. The van der Waals surface area contributed by atoms with E-state index in [0.29, 0.717) is 26.2 Å². The summed E-state index contributed by atoms with van der Waals surface area (Å²) >= 11 is 0. The molecule has 0 aliphatic carbocycles. The number of nitrogens with zero attached hydrogens (tertiary/aromatic N) is 2.